The van der Waals surface area contributed by atoms with Crippen molar-refractivity contribution in [1.82, 2.24) is 15.2 Å². The molecule has 1 fully saturated rings. The van der Waals surface area contributed by atoms with E-state index >= 15 is 0 Å². The Labute approximate surface area is 141 Å². The van der Waals surface area contributed by atoms with Gasteiger partial charge in [-0.2, -0.15) is 0 Å². The molecule has 1 amide bonds. The number of hydrogen-bond donors (Lipinski definition) is 2. The SMILES string of the molecule is O=C(NC[C@@H]1CCN(CCc2ccccc2)C1)c1cc(Cl)c[nH]1. The number of likely N-dealkylation sites (tertiary alicyclic amines) is 1. The molecule has 0 unspecified atom stereocenters. The van der Waals surface area contributed by atoms with Crippen LogP contribution in [-0.4, -0.2) is 42.0 Å². The Hall–Kier alpha value is -1.78. The molecule has 122 valence electrons. The van der Waals surface area contributed by atoms with Crippen LogP contribution in [0.15, 0.2) is 42.6 Å². The van der Waals surface area contributed by atoms with Crippen molar-refractivity contribution in [1.29, 1.82) is 0 Å². The Balaban J connectivity index is 1.39. The van der Waals surface area contributed by atoms with Crippen LogP contribution in [0, 0.1) is 5.92 Å². The molecule has 1 aliphatic rings. The molecule has 0 saturated carbocycles. The zero-order valence-corrected chi connectivity index (χ0v) is 13.9. The highest BCUT2D eigenvalue weighted by atomic mass is 35.5. The van der Waals surface area contributed by atoms with Crippen LogP contribution in [0.4, 0.5) is 0 Å². The lowest BCUT2D eigenvalue weighted by Crippen LogP contribution is -2.31. The van der Waals surface area contributed by atoms with Crippen LogP contribution in [0.25, 0.3) is 0 Å². The van der Waals surface area contributed by atoms with Gasteiger partial charge >= 0.3 is 0 Å². The van der Waals surface area contributed by atoms with Crippen LogP contribution in [0.3, 0.4) is 0 Å². The van der Waals surface area contributed by atoms with Gasteiger partial charge in [0.2, 0.25) is 0 Å². The number of nitrogens with zero attached hydrogens (tertiary/aromatic N) is 1. The number of aromatic nitrogens is 1. The molecule has 1 saturated heterocycles. The van der Waals surface area contributed by atoms with E-state index in [1.807, 2.05) is 0 Å². The van der Waals surface area contributed by atoms with Gasteiger partial charge in [0.15, 0.2) is 0 Å². The second kappa shape index (κ2) is 7.66. The van der Waals surface area contributed by atoms with Crippen molar-refractivity contribution in [2.45, 2.75) is 12.8 Å². The standard InChI is InChI=1S/C18H22ClN3O/c19-16-10-17(20-12-16)18(23)21-11-15-7-9-22(13-15)8-6-14-4-2-1-3-5-14/h1-5,10,12,15,20H,6-9,11,13H2,(H,21,23)/t15-/m0/s1. The molecule has 5 heteroatoms. The average Bonchev–Trinajstić information content (AvgIpc) is 3.21. The molecular formula is C18H22ClN3O. The molecule has 1 aromatic heterocycles. The zero-order chi connectivity index (χ0) is 16.1. The number of halogens is 1. The minimum atomic E-state index is -0.0837. The first-order valence-corrected chi connectivity index (χ1v) is 8.47. The number of hydrogen-bond acceptors (Lipinski definition) is 2. The first-order valence-electron chi connectivity index (χ1n) is 8.09. The number of rotatable bonds is 6. The molecule has 1 aromatic carbocycles. The molecule has 3 rings (SSSR count). The number of carbonyl (C=O) groups is 1. The summed E-state index contributed by atoms with van der Waals surface area (Å²) >= 11 is 5.82. The highest BCUT2D eigenvalue weighted by Crippen LogP contribution is 2.16. The van der Waals surface area contributed by atoms with Crippen molar-refractivity contribution >= 4 is 17.5 Å². The van der Waals surface area contributed by atoms with Gasteiger partial charge in [0, 0.05) is 25.8 Å². The highest BCUT2D eigenvalue weighted by molar-refractivity contribution is 6.30. The fraction of sp³-hybridized carbons (Fsp3) is 0.389. The molecule has 2 aromatic rings. The monoisotopic (exact) mass is 331 g/mol. The van der Waals surface area contributed by atoms with E-state index in [9.17, 15) is 4.79 Å². The molecule has 2 heterocycles. The maximum atomic E-state index is 12.0. The topological polar surface area (TPSA) is 48.1 Å². The minimum Gasteiger partial charge on any atom is -0.356 e. The lowest BCUT2D eigenvalue weighted by Gasteiger charge is -2.16. The van der Waals surface area contributed by atoms with E-state index in [0.29, 0.717) is 16.6 Å². The van der Waals surface area contributed by atoms with E-state index in [-0.39, 0.29) is 5.91 Å². The number of H-pyrrole nitrogens is 1. The fourth-order valence-corrected chi connectivity index (χ4v) is 3.21. The van der Waals surface area contributed by atoms with Crippen LogP contribution in [0.2, 0.25) is 5.02 Å². The van der Waals surface area contributed by atoms with Gasteiger partial charge in [-0.05, 0) is 36.9 Å². The van der Waals surface area contributed by atoms with Gasteiger partial charge in [-0.25, -0.2) is 0 Å². The lowest BCUT2D eigenvalue weighted by atomic mass is 10.1. The number of aromatic amines is 1. The van der Waals surface area contributed by atoms with Gasteiger partial charge in [-0.15, -0.1) is 0 Å². The third-order valence-corrected chi connectivity index (χ3v) is 4.59. The van der Waals surface area contributed by atoms with Crippen LogP contribution in [0.1, 0.15) is 22.5 Å². The van der Waals surface area contributed by atoms with E-state index in [4.69, 9.17) is 11.6 Å². The smallest absolute Gasteiger partial charge is 0.267 e. The molecule has 0 aliphatic carbocycles. The number of amides is 1. The number of benzene rings is 1. The van der Waals surface area contributed by atoms with Gasteiger partial charge in [-0.3, -0.25) is 4.79 Å². The van der Waals surface area contributed by atoms with Crippen LogP contribution >= 0.6 is 11.6 Å². The van der Waals surface area contributed by atoms with Crippen molar-refractivity contribution in [3.63, 3.8) is 0 Å². The second-order valence-corrected chi connectivity index (χ2v) is 6.57. The highest BCUT2D eigenvalue weighted by Gasteiger charge is 2.22. The van der Waals surface area contributed by atoms with E-state index in [1.54, 1.807) is 12.3 Å². The normalized spacial score (nSPS) is 18.2. The van der Waals surface area contributed by atoms with Gasteiger partial charge in [-0.1, -0.05) is 41.9 Å². The summed E-state index contributed by atoms with van der Waals surface area (Å²) in [5, 5.41) is 3.55. The fourth-order valence-electron chi connectivity index (χ4n) is 3.05. The third-order valence-electron chi connectivity index (χ3n) is 4.37. The van der Waals surface area contributed by atoms with Gasteiger partial charge in [0.25, 0.3) is 5.91 Å². The Kier molecular flexibility index (Phi) is 5.36. The predicted octanol–water partition coefficient (Wildman–Crippen LogP) is 2.96. The van der Waals surface area contributed by atoms with Crippen molar-refractivity contribution in [3.8, 4) is 0 Å². The van der Waals surface area contributed by atoms with Crippen LogP contribution in [-0.2, 0) is 6.42 Å². The predicted molar refractivity (Wildman–Crippen MR) is 92.8 cm³/mol. The zero-order valence-electron chi connectivity index (χ0n) is 13.1. The lowest BCUT2D eigenvalue weighted by molar-refractivity contribution is 0.0943. The molecule has 1 aliphatic heterocycles. The summed E-state index contributed by atoms with van der Waals surface area (Å²) in [6.45, 7) is 3.97. The van der Waals surface area contributed by atoms with E-state index in [2.05, 4.69) is 45.5 Å². The Bertz CT molecular complexity index is 641. The maximum absolute atomic E-state index is 12.0. The molecule has 23 heavy (non-hydrogen) atoms. The summed E-state index contributed by atoms with van der Waals surface area (Å²) in [5.74, 6) is 0.444. The Morgan fingerprint density at radius 3 is 2.91 bits per heavy atom. The van der Waals surface area contributed by atoms with E-state index in [0.717, 1.165) is 39.0 Å². The summed E-state index contributed by atoms with van der Waals surface area (Å²) in [4.78, 5) is 17.3. The third kappa shape index (κ3) is 4.60. The van der Waals surface area contributed by atoms with Crippen molar-refractivity contribution in [2.24, 2.45) is 5.92 Å². The quantitative estimate of drug-likeness (QED) is 0.855. The average molecular weight is 332 g/mol. The van der Waals surface area contributed by atoms with Crippen LogP contribution < -0.4 is 5.32 Å². The summed E-state index contributed by atoms with van der Waals surface area (Å²) in [6.07, 6.45) is 3.85. The van der Waals surface area contributed by atoms with Crippen molar-refractivity contribution in [3.05, 3.63) is 58.9 Å². The van der Waals surface area contributed by atoms with E-state index in [1.165, 1.54) is 5.56 Å². The molecule has 4 nitrogen and oxygen atoms in total. The molecule has 0 radical (unpaired) electrons. The molecule has 2 N–H and O–H groups in total. The summed E-state index contributed by atoms with van der Waals surface area (Å²) < 4.78 is 0. The summed E-state index contributed by atoms with van der Waals surface area (Å²) in [7, 11) is 0. The van der Waals surface area contributed by atoms with Gasteiger partial charge < -0.3 is 15.2 Å². The molecular weight excluding hydrogens is 310 g/mol. The number of carbonyl (C=O) groups excluding carboxylic acids is 1. The Morgan fingerprint density at radius 2 is 2.17 bits per heavy atom. The molecule has 0 spiro atoms. The first kappa shape index (κ1) is 16.1. The first-order chi connectivity index (χ1) is 11.2. The molecule has 1 atom stereocenters. The maximum Gasteiger partial charge on any atom is 0.267 e. The Morgan fingerprint density at radius 1 is 1.35 bits per heavy atom. The summed E-state index contributed by atoms with van der Waals surface area (Å²) in [6, 6.07) is 12.2. The van der Waals surface area contributed by atoms with Crippen molar-refractivity contribution < 1.29 is 4.79 Å². The minimum absolute atomic E-state index is 0.0837. The van der Waals surface area contributed by atoms with Gasteiger partial charge in [0.05, 0.1) is 5.02 Å². The van der Waals surface area contributed by atoms with Crippen LogP contribution in [0.5, 0.6) is 0 Å². The largest absolute Gasteiger partial charge is 0.356 e. The van der Waals surface area contributed by atoms with Crippen molar-refractivity contribution in [2.75, 3.05) is 26.2 Å². The summed E-state index contributed by atoms with van der Waals surface area (Å²) in [5.41, 5.74) is 1.90. The second-order valence-electron chi connectivity index (χ2n) is 6.13. The molecule has 0 bridgehead atoms. The number of nitrogens with one attached hydrogen (secondary N) is 2. The van der Waals surface area contributed by atoms with Gasteiger partial charge in [0.1, 0.15) is 5.69 Å². The van der Waals surface area contributed by atoms with E-state index < -0.39 is 0 Å².